The molecular formula is C24H39N3O6. The van der Waals surface area contributed by atoms with E-state index in [2.05, 4.69) is 0 Å². The lowest BCUT2D eigenvalue weighted by Crippen LogP contribution is -2.54. The van der Waals surface area contributed by atoms with Crippen LogP contribution < -0.4 is 17.1 Å². The van der Waals surface area contributed by atoms with Crippen molar-refractivity contribution in [3.05, 3.63) is 31.5 Å². The third-order valence-corrected chi connectivity index (χ3v) is 6.82. The summed E-state index contributed by atoms with van der Waals surface area (Å²) in [4.78, 5) is 39.1. The SMILES string of the molecule is O=c1n(CCCCCC2CO2)c(=O)n(CCCCCC2CO2)c(=O)n1CCCCCC1CO1. The van der Waals surface area contributed by atoms with Crippen LogP contribution in [0.1, 0.15) is 77.0 Å². The summed E-state index contributed by atoms with van der Waals surface area (Å²) in [7, 11) is 0. The number of epoxide rings is 3. The zero-order chi connectivity index (χ0) is 23.0. The maximum Gasteiger partial charge on any atom is 0.336 e. The predicted octanol–water partition coefficient (Wildman–Crippen LogP) is 2.05. The summed E-state index contributed by atoms with van der Waals surface area (Å²) < 4.78 is 19.6. The van der Waals surface area contributed by atoms with Gasteiger partial charge in [-0.1, -0.05) is 38.5 Å². The zero-order valence-electron chi connectivity index (χ0n) is 19.8. The number of hydrogen-bond donors (Lipinski definition) is 0. The second-order valence-electron chi connectivity index (χ2n) is 9.72. The molecule has 3 fully saturated rings. The minimum absolute atomic E-state index is 0.363. The van der Waals surface area contributed by atoms with Gasteiger partial charge in [-0.25, -0.2) is 28.1 Å². The molecule has 0 radical (unpaired) electrons. The van der Waals surface area contributed by atoms with Crippen LogP contribution in [0.25, 0.3) is 0 Å². The Morgan fingerprint density at radius 1 is 0.485 bits per heavy atom. The Kier molecular flexibility index (Phi) is 8.97. The van der Waals surface area contributed by atoms with E-state index in [0.29, 0.717) is 37.9 Å². The van der Waals surface area contributed by atoms with Crippen molar-refractivity contribution in [2.45, 2.75) is 115 Å². The van der Waals surface area contributed by atoms with Gasteiger partial charge in [-0.2, -0.15) is 0 Å². The fourth-order valence-corrected chi connectivity index (χ4v) is 4.42. The molecule has 3 unspecified atom stereocenters. The highest BCUT2D eigenvalue weighted by molar-refractivity contribution is 4.80. The molecule has 0 bridgehead atoms. The third kappa shape index (κ3) is 7.93. The third-order valence-electron chi connectivity index (χ3n) is 6.82. The highest BCUT2D eigenvalue weighted by atomic mass is 16.6. The molecule has 3 saturated heterocycles. The molecule has 3 aliphatic heterocycles. The lowest BCUT2D eigenvalue weighted by molar-refractivity contribution is 0.376. The Hall–Kier alpha value is -1.71. The number of ether oxygens (including phenoxy) is 3. The molecule has 3 atom stereocenters. The number of rotatable bonds is 18. The van der Waals surface area contributed by atoms with Gasteiger partial charge in [-0.05, 0) is 38.5 Å². The van der Waals surface area contributed by atoms with Gasteiger partial charge in [0.05, 0.1) is 38.1 Å². The van der Waals surface area contributed by atoms with Crippen LogP contribution in [0.3, 0.4) is 0 Å². The first kappa shape index (κ1) is 24.4. The van der Waals surface area contributed by atoms with E-state index in [4.69, 9.17) is 14.2 Å². The van der Waals surface area contributed by atoms with Crippen molar-refractivity contribution in [1.29, 1.82) is 0 Å². The largest absolute Gasteiger partial charge is 0.373 e. The van der Waals surface area contributed by atoms with E-state index in [1.807, 2.05) is 0 Å². The van der Waals surface area contributed by atoms with Gasteiger partial charge in [0.1, 0.15) is 0 Å². The molecule has 1 aromatic heterocycles. The fourth-order valence-electron chi connectivity index (χ4n) is 4.42. The summed E-state index contributed by atoms with van der Waals surface area (Å²) >= 11 is 0. The molecule has 9 nitrogen and oxygen atoms in total. The fraction of sp³-hybridized carbons (Fsp3) is 0.875. The van der Waals surface area contributed by atoms with Gasteiger partial charge < -0.3 is 14.2 Å². The molecular weight excluding hydrogens is 426 g/mol. The van der Waals surface area contributed by atoms with Crippen molar-refractivity contribution in [3.63, 3.8) is 0 Å². The van der Waals surface area contributed by atoms with Gasteiger partial charge in [-0.15, -0.1) is 0 Å². The zero-order valence-corrected chi connectivity index (χ0v) is 19.8. The predicted molar refractivity (Wildman–Crippen MR) is 124 cm³/mol. The van der Waals surface area contributed by atoms with E-state index < -0.39 is 17.1 Å². The van der Waals surface area contributed by atoms with Gasteiger partial charge in [-0.3, -0.25) is 0 Å². The van der Waals surface area contributed by atoms with Crippen molar-refractivity contribution < 1.29 is 14.2 Å². The van der Waals surface area contributed by atoms with E-state index in [0.717, 1.165) is 96.9 Å². The van der Waals surface area contributed by atoms with Gasteiger partial charge in [0.15, 0.2) is 0 Å². The van der Waals surface area contributed by atoms with Crippen LogP contribution in [0.4, 0.5) is 0 Å². The van der Waals surface area contributed by atoms with Crippen molar-refractivity contribution >= 4 is 0 Å². The Balaban J connectivity index is 1.36. The molecule has 4 rings (SSSR count). The number of aromatic nitrogens is 3. The summed E-state index contributed by atoms with van der Waals surface area (Å²) in [5, 5.41) is 0. The molecule has 186 valence electrons. The van der Waals surface area contributed by atoms with E-state index >= 15 is 0 Å². The summed E-state index contributed by atoms with van der Waals surface area (Å²) in [6, 6.07) is 0. The molecule has 0 amide bonds. The number of unbranched alkanes of at least 4 members (excludes halogenated alkanes) is 6. The summed E-state index contributed by atoms with van der Waals surface area (Å²) in [5.41, 5.74) is -1.37. The van der Waals surface area contributed by atoms with Gasteiger partial charge >= 0.3 is 17.1 Å². The monoisotopic (exact) mass is 465 g/mol. The van der Waals surface area contributed by atoms with Gasteiger partial charge in [0.2, 0.25) is 0 Å². The van der Waals surface area contributed by atoms with E-state index in [-0.39, 0.29) is 0 Å². The highest BCUT2D eigenvalue weighted by Crippen LogP contribution is 2.18. The smallest absolute Gasteiger partial charge is 0.336 e. The van der Waals surface area contributed by atoms with Crippen LogP contribution in [0.5, 0.6) is 0 Å². The highest BCUT2D eigenvalue weighted by Gasteiger charge is 2.23. The second kappa shape index (κ2) is 12.1. The normalized spacial score (nSPS) is 23.1. The summed E-state index contributed by atoms with van der Waals surface area (Å²) in [5.74, 6) is 0. The molecule has 3 aliphatic rings. The molecule has 0 N–H and O–H groups in total. The van der Waals surface area contributed by atoms with Crippen LogP contribution in [0.2, 0.25) is 0 Å². The molecule has 0 aromatic carbocycles. The maximum absolute atomic E-state index is 13.0. The second-order valence-corrected chi connectivity index (χ2v) is 9.72. The molecule has 33 heavy (non-hydrogen) atoms. The Morgan fingerprint density at radius 2 is 0.758 bits per heavy atom. The minimum atomic E-state index is -0.455. The van der Waals surface area contributed by atoms with Gasteiger partial charge in [0, 0.05) is 19.6 Å². The standard InChI is InChI=1S/C24H39N3O6/c28-22-25(13-7-1-4-10-19-16-31-19)23(29)27(15-9-3-6-12-21-18-33-21)24(30)26(22)14-8-2-5-11-20-17-32-20/h19-21H,1-18H2. The lowest BCUT2D eigenvalue weighted by atomic mass is 10.1. The average Bonchev–Trinajstić information content (AvgIpc) is 3.65. The molecule has 0 saturated carbocycles. The molecule has 0 aliphatic carbocycles. The molecule has 1 aromatic rings. The Bertz CT molecular complexity index is 774. The molecule has 9 heteroatoms. The molecule has 4 heterocycles. The Morgan fingerprint density at radius 3 is 1.00 bits per heavy atom. The van der Waals surface area contributed by atoms with E-state index in [9.17, 15) is 14.4 Å². The van der Waals surface area contributed by atoms with Crippen molar-refractivity contribution in [2.75, 3.05) is 19.8 Å². The summed E-state index contributed by atoms with van der Waals surface area (Å²) in [6.45, 7) is 3.66. The van der Waals surface area contributed by atoms with E-state index in [1.54, 1.807) is 0 Å². The first-order valence-electron chi connectivity index (χ1n) is 12.9. The van der Waals surface area contributed by atoms with Crippen molar-refractivity contribution in [2.24, 2.45) is 0 Å². The van der Waals surface area contributed by atoms with Crippen molar-refractivity contribution in [1.82, 2.24) is 13.7 Å². The van der Waals surface area contributed by atoms with Crippen LogP contribution in [-0.2, 0) is 33.8 Å². The van der Waals surface area contributed by atoms with Crippen LogP contribution in [0.15, 0.2) is 14.4 Å². The maximum atomic E-state index is 13.0. The Labute approximate surface area is 194 Å². The number of nitrogens with zero attached hydrogens (tertiary/aromatic N) is 3. The average molecular weight is 466 g/mol. The molecule has 0 spiro atoms. The van der Waals surface area contributed by atoms with Crippen molar-refractivity contribution in [3.8, 4) is 0 Å². The topological polar surface area (TPSA) is 104 Å². The summed E-state index contributed by atoms with van der Waals surface area (Å²) in [6.07, 6.45) is 12.5. The van der Waals surface area contributed by atoms with Gasteiger partial charge in [0.25, 0.3) is 0 Å². The van der Waals surface area contributed by atoms with Crippen LogP contribution in [0, 0.1) is 0 Å². The minimum Gasteiger partial charge on any atom is -0.373 e. The van der Waals surface area contributed by atoms with Crippen LogP contribution >= 0.6 is 0 Å². The van der Waals surface area contributed by atoms with E-state index in [1.165, 1.54) is 13.7 Å². The quantitative estimate of drug-likeness (QED) is 0.243. The van der Waals surface area contributed by atoms with Crippen LogP contribution in [-0.4, -0.2) is 51.8 Å². The first-order valence-corrected chi connectivity index (χ1v) is 12.9. The first-order chi connectivity index (χ1) is 16.1. The number of hydrogen-bond acceptors (Lipinski definition) is 6. The lowest BCUT2D eigenvalue weighted by Gasteiger charge is -2.14.